The van der Waals surface area contributed by atoms with E-state index < -0.39 is 43.2 Å². The van der Waals surface area contributed by atoms with Gasteiger partial charge >= 0.3 is 5.51 Å². The van der Waals surface area contributed by atoms with Crippen LogP contribution in [0.15, 0.2) is 111 Å². The zero-order chi connectivity index (χ0) is 44.5. The van der Waals surface area contributed by atoms with Crippen molar-refractivity contribution in [3.63, 3.8) is 0 Å². The zero-order valence-electron chi connectivity index (χ0n) is 36.1. The Morgan fingerprint density at radius 2 is 1.66 bits per heavy atom. The molecule has 0 spiro atoms. The smallest absolute Gasteiger partial charge is 0.380 e. The molecule has 2 fully saturated rings. The summed E-state index contributed by atoms with van der Waals surface area (Å²) in [4.78, 5) is 20.0. The van der Waals surface area contributed by atoms with Crippen molar-refractivity contribution in [1.29, 1.82) is 0 Å². The first-order valence-corrected chi connectivity index (χ1v) is 25.2. The van der Waals surface area contributed by atoms with Crippen LogP contribution in [0.25, 0.3) is 0 Å². The van der Waals surface area contributed by atoms with Crippen LogP contribution in [0.2, 0.25) is 0 Å². The molecule has 1 aliphatic carbocycles. The first-order valence-electron chi connectivity index (χ1n) is 21.5. The van der Waals surface area contributed by atoms with Crippen LogP contribution < -0.4 is 20.3 Å². The quantitative estimate of drug-likeness (QED) is 0.108. The van der Waals surface area contributed by atoms with E-state index in [1.165, 1.54) is 47.0 Å². The summed E-state index contributed by atoms with van der Waals surface area (Å²) in [6.45, 7) is 19.7. The van der Waals surface area contributed by atoms with Crippen molar-refractivity contribution >= 4 is 49.9 Å². The minimum atomic E-state index is -5.88. The topological polar surface area (TPSA) is 114 Å². The Balaban J connectivity index is 1.10. The minimum Gasteiger partial charge on any atom is -0.380 e. The summed E-state index contributed by atoms with van der Waals surface area (Å²) in [6.07, 6.45) is 6.01. The fourth-order valence-corrected chi connectivity index (χ4v) is 11.1. The number of thioether (sulfide) groups is 1. The Morgan fingerprint density at radius 3 is 2.32 bits per heavy atom. The highest BCUT2D eigenvalue weighted by atomic mass is 32.2. The molecule has 2 unspecified atom stereocenters. The fourth-order valence-electron chi connectivity index (χ4n) is 8.28. The van der Waals surface area contributed by atoms with Gasteiger partial charge in [-0.15, -0.1) is 11.8 Å². The van der Waals surface area contributed by atoms with Gasteiger partial charge in [-0.3, -0.25) is 14.4 Å². The van der Waals surface area contributed by atoms with Gasteiger partial charge in [-0.25, -0.2) is 12.6 Å². The average molecular weight is 915 g/mol. The highest BCUT2D eigenvalue weighted by Gasteiger charge is 2.48. The second-order valence-corrected chi connectivity index (χ2v) is 21.5. The van der Waals surface area contributed by atoms with E-state index in [1.807, 2.05) is 42.5 Å². The Morgan fingerprint density at radius 1 is 0.968 bits per heavy atom. The van der Waals surface area contributed by atoms with Gasteiger partial charge < -0.3 is 20.4 Å². The number of piperazine rings is 2. The maximum Gasteiger partial charge on any atom is 0.501 e. The van der Waals surface area contributed by atoms with Crippen molar-refractivity contribution in [2.75, 3.05) is 81.4 Å². The standard InChI is InChI=1S/C46H61F3N6O4S3/c1-5-9-34(2)41-31-45(3,4)20-18-36(41)32-54-26-28-55(29-27-54)38-14-12-35(13-15-38)44(56)52-61(57)40-16-17-42(43(30-40)62(58,59)46(47,48)49)51-37(19-23-53-24-21-50-22-25-53)33-60-39-10-7-6-8-11-39/h6-8,10-17,30,37,50-51H,2,5,9,18-29,31-33H2,1,3-4H3,(H,52,56). The molecule has 2 aliphatic heterocycles. The number of amides is 1. The third-order valence-corrected chi connectivity index (χ3v) is 15.7. The number of carbonyl (C=O) groups excluding carboxylic acids is 1. The molecule has 0 bridgehead atoms. The molecule has 3 N–H and O–H groups in total. The van der Waals surface area contributed by atoms with Crippen molar-refractivity contribution in [3.05, 3.63) is 102 Å². The van der Waals surface area contributed by atoms with Crippen molar-refractivity contribution < 1.29 is 30.6 Å². The highest BCUT2D eigenvalue weighted by molar-refractivity contribution is 7.99. The molecule has 0 saturated carbocycles. The largest absolute Gasteiger partial charge is 0.501 e. The lowest BCUT2D eigenvalue weighted by Gasteiger charge is -2.39. The van der Waals surface area contributed by atoms with Gasteiger partial charge in [0.2, 0.25) is 0 Å². The summed E-state index contributed by atoms with van der Waals surface area (Å²) >= 11 is 1.51. The van der Waals surface area contributed by atoms with Gasteiger partial charge in [0.25, 0.3) is 15.7 Å². The molecule has 16 heteroatoms. The summed E-state index contributed by atoms with van der Waals surface area (Å²) in [5.74, 6) is -0.258. The molecule has 3 aromatic carbocycles. The maximum absolute atomic E-state index is 14.1. The molecule has 3 aromatic rings. The molecule has 2 heterocycles. The van der Waals surface area contributed by atoms with Crippen LogP contribution in [0.5, 0.6) is 0 Å². The average Bonchev–Trinajstić information content (AvgIpc) is 3.26. The lowest BCUT2D eigenvalue weighted by atomic mass is 9.72. The predicted octanol–water partition coefficient (Wildman–Crippen LogP) is 8.29. The molecule has 3 aliphatic rings. The van der Waals surface area contributed by atoms with E-state index in [0.717, 1.165) is 101 Å². The Labute approximate surface area is 372 Å². The van der Waals surface area contributed by atoms with Crippen molar-refractivity contribution in [2.45, 2.75) is 85.5 Å². The summed E-state index contributed by atoms with van der Waals surface area (Å²) < 4.78 is 84.3. The summed E-state index contributed by atoms with van der Waals surface area (Å²) in [5.41, 5.74) is -0.160. The number of nitrogens with one attached hydrogen (secondary N) is 3. The molecule has 62 heavy (non-hydrogen) atoms. The number of benzene rings is 3. The van der Waals surface area contributed by atoms with Crippen LogP contribution >= 0.6 is 11.8 Å². The Hall–Kier alpha value is -3.67. The maximum atomic E-state index is 14.1. The Kier molecular flexibility index (Phi) is 16.5. The number of hydrogen-bond acceptors (Lipinski definition) is 10. The van der Waals surface area contributed by atoms with Crippen LogP contribution in [-0.4, -0.2) is 111 Å². The molecular weight excluding hydrogens is 854 g/mol. The van der Waals surface area contributed by atoms with Gasteiger partial charge in [-0.1, -0.05) is 63.1 Å². The van der Waals surface area contributed by atoms with Crippen LogP contribution in [-0.2, 0) is 20.8 Å². The molecule has 10 nitrogen and oxygen atoms in total. The molecule has 2 saturated heterocycles. The molecule has 2 atom stereocenters. The fraction of sp³-hybridized carbons (Fsp3) is 0.500. The van der Waals surface area contributed by atoms with Crippen LogP contribution in [0.3, 0.4) is 0 Å². The SMILES string of the molecule is C=C(CCC)C1=C(CN2CCN(c3ccc(C(=O)NS(=O)c4ccc(NC(CCN5CCNCC5)CSc5ccccc5)c(S(=O)(=O)C(F)(F)F)c4)cc3)CC2)CCC(C)(C)C1. The number of anilines is 2. The summed E-state index contributed by atoms with van der Waals surface area (Å²) in [6, 6.07) is 19.3. The molecule has 1 amide bonds. The van der Waals surface area contributed by atoms with E-state index in [-0.39, 0.29) is 21.6 Å². The predicted molar refractivity (Wildman–Crippen MR) is 246 cm³/mol. The van der Waals surface area contributed by atoms with Gasteiger partial charge in [0, 0.05) is 93.4 Å². The summed E-state index contributed by atoms with van der Waals surface area (Å²) in [5, 5.41) is 6.40. The molecule has 0 aromatic heterocycles. The van der Waals surface area contributed by atoms with Crippen LogP contribution in [0.1, 0.15) is 69.7 Å². The molecule has 338 valence electrons. The molecular formula is C46H61F3N6O4S3. The number of sulfone groups is 1. The monoisotopic (exact) mass is 914 g/mol. The van der Waals surface area contributed by atoms with Crippen molar-refractivity contribution in [2.24, 2.45) is 5.41 Å². The van der Waals surface area contributed by atoms with E-state index >= 15 is 0 Å². The third kappa shape index (κ3) is 12.7. The highest BCUT2D eigenvalue weighted by Crippen LogP contribution is 2.42. The van der Waals surface area contributed by atoms with E-state index in [4.69, 9.17) is 0 Å². The van der Waals surface area contributed by atoms with E-state index in [2.05, 4.69) is 57.4 Å². The number of alkyl halides is 3. The van der Waals surface area contributed by atoms with E-state index in [0.29, 0.717) is 18.7 Å². The first kappa shape index (κ1) is 47.8. The second-order valence-electron chi connectivity index (χ2n) is 17.2. The number of rotatable bonds is 18. The number of nitrogens with zero attached hydrogens (tertiary/aromatic N) is 3. The van der Waals surface area contributed by atoms with Gasteiger partial charge in [0.1, 0.15) is 4.90 Å². The number of halogens is 3. The van der Waals surface area contributed by atoms with Gasteiger partial charge in [0.15, 0.2) is 11.0 Å². The molecule has 0 radical (unpaired) electrons. The Bertz CT molecular complexity index is 2170. The van der Waals surface area contributed by atoms with Crippen molar-refractivity contribution in [3.8, 4) is 0 Å². The lowest BCUT2D eigenvalue weighted by molar-refractivity contribution is -0.0435. The zero-order valence-corrected chi connectivity index (χ0v) is 38.5. The van der Waals surface area contributed by atoms with Gasteiger partial charge in [0.05, 0.1) is 10.6 Å². The van der Waals surface area contributed by atoms with Crippen LogP contribution in [0, 0.1) is 5.41 Å². The van der Waals surface area contributed by atoms with E-state index in [1.54, 1.807) is 12.1 Å². The normalized spacial score (nSPS) is 18.9. The van der Waals surface area contributed by atoms with E-state index in [9.17, 15) is 30.6 Å². The minimum absolute atomic E-state index is 0.206. The number of carbonyl (C=O) groups is 1. The van der Waals surface area contributed by atoms with Crippen LogP contribution in [0.4, 0.5) is 24.5 Å². The lowest BCUT2D eigenvalue weighted by Crippen LogP contribution is -2.47. The van der Waals surface area contributed by atoms with Gasteiger partial charge in [-0.2, -0.15) is 13.2 Å². The van der Waals surface area contributed by atoms with Gasteiger partial charge in [-0.05, 0) is 97.7 Å². The first-order chi connectivity index (χ1) is 29.5. The third-order valence-electron chi connectivity index (χ3n) is 11.9. The second kappa shape index (κ2) is 21.3. The van der Waals surface area contributed by atoms with Crippen molar-refractivity contribution in [1.82, 2.24) is 19.8 Å². The summed E-state index contributed by atoms with van der Waals surface area (Å²) in [7, 11) is -8.25. The molecule has 6 rings (SSSR count). The number of hydrogen-bond donors (Lipinski definition) is 3. The number of allylic oxidation sites excluding steroid dienone is 2.